The molecule has 39 heavy (non-hydrogen) atoms. The molecule has 1 fully saturated rings. The van der Waals surface area contributed by atoms with Crippen LogP contribution in [0.2, 0.25) is 5.02 Å². The number of nitrogens with zero attached hydrogens (tertiary/aromatic N) is 4. The molecular weight excluding hydrogens is 521 g/mol. The monoisotopic (exact) mass is 557 g/mol. The fourth-order valence-electron chi connectivity index (χ4n) is 4.78. The molecule has 0 bridgehead atoms. The maximum absolute atomic E-state index is 13.8. The Hall–Kier alpha value is -3.04. The van der Waals surface area contributed by atoms with E-state index in [0.29, 0.717) is 17.9 Å². The summed E-state index contributed by atoms with van der Waals surface area (Å²) in [4.78, 5) is 37.9. The second-order valence-electron chi connectivity index (χ2n) is 11.1. The third kappa shape index (κ3) is 7.99. The van der Waals surface area contributed by atoms with E-state index in [9.17, 15) is 14.0 Å². The highest BCUT2D eigenvalue weighted by Gasteiger charge is 2.20. The van der Waals surface area contributed by atoms with Gasteiger partial charge in [0, 0.05) is 17.6 Å². The minimum Gasteiger partial charge on any atom is -0.492 e. The summed E-state index contributed by atoms with van der Waals surface area (Å²) in [5.41, 5.74) is -0.330. The molecule has 1 N–H and O–H groups in total. The molecule has 3 heterocycles. The van der Waals surface area contributed by atoms with Crippen LogP contribution in [-0.2, 0) is 11.3 Å². The van der Waals surface area contributed by atoms with Gasteiger partial charge in [0.2, 0.25) is 5.91 Å². The quantitative estimate of drug-likeness (QED) is 0.383. The molecular formula is C29H37ClFN5O3. The minimum absolute atomic E-state index is 0.111. The first-order valence-electron chi connectivity index (χ1n) is 13.6. The average Bonchev–Trinajstić information content (AvgIpc) is 2.85. The predicted octanol–water partition coefficient (Wildman–Crippen LogP) is 5.20. The van der Waals surface area contributed by atoms with E-state index in [-0.39, 0.29) is 34.3 Å². The summed E-state index contributed by atoms with van der Waals surface area (Å²) < 4.78 is 21.0. The smallest absolute Gasteiger partial charge is 0.263 e. The number of hydrogen-bond acceptors (Lipinski definition) is 6. The number of halogens is 2. The maximum atomic E-state index is 13.8. The van der Waals surface area contributed by atoms with Crippen LogP contribution in [0.4, 0.5) is 4.39 Å². The highest BCUT2D eigenvalue weighted by Crippen LogP contribution is 2.25. The Morgan fingerprint density at radius 1 is 1.13 bits per heavy atom. The molecule has 10 heteroatoms. The van der Waals surface area contributed by atoms with E-state index < -0.39 is 16.9 Å². The number of amides is 1. The molecule has 3 aromatic rings. The van der Waals surface area contributed by atoms with Crippen molar-refractivity contribution in [1.29, 1.82) is 0 Å². The summed E-state index contributed by atoms with van der Waals surface area (Å²) in [5, 5.41) is 2.99. The van der Waals surface area contributed by atoms with Crippen LogP contribution in [0.1, 0.15) is 59.3 Å². The number of likely N-dealkylation sites (tertiary alicyclic amines) is 1. The van der Waals surface area contributed by atoms with Crippen molar-refractivity contribution >= 4 is 28.5 Å². The van der Waals surface area contributed by atoms with Gasteiger partial charge in [-0.05, 0) is 77.4 Å². The zero-order valence-corrected chi connectivity index (χ0v) is 23.7. The lowest BCUT2D eigenvalue weighted by Crippen LogP contribution is -2.43. The number of aromatic nitrogens is 3. The Kier molecular flexibility index (Phi) is 9.56. The Morgan fingerprint density at radius 3 is 2.54 bits per heavy atom. The molecule has 1 aromatic carbocycles. The topological polar surface area (TPSA) is 89.3 Å². The van der Waals surface area contributed by atoms with Crippen molar-refractivity contribution in [1.82, 2.24) is 24.8 Å². The molecule has 8 nitrogen and oxygen atoms in total. The lowest BCUT2D eigenvalue weighted by Gasteiger charge is -2.24. The second kappa shape index (κ2) is 12.9. The molecule has 2 aromatic heterocycles. The van der Waals surface area contributed by atoms with Crippen LogP contribution < -0.4 is 15.6 Å². The summed E-state index contributed by atoms with van der Waals surface area (Å²) in [7, 11) is 0. The van der Waals surface area contributed by atoms with Gasteiger partial charge in [-0.25, -0.2) is 14.4 Å². The standard InChI is InChI=1S/C29H37ClFN5O3/c1-29(2,3)34-25(37)19-36-27(20-10-11-24(31)23(30)16-20)33-26-22(28(36)38)17-21(18-32-26)39-15-9-14-35-12-7-5-4-6-8-13-35/h10-11,16-18H,4-9,12-15,19H2,1-3H3,(H,34,37). The van der Waals surface area contributed by atoms with E-state index >= 15 is 0 Å². The largest absolute Gasteiger partial charge is 0.492 e. The third-order valence-corrected chi connectivity index (χ3v) is 6.90. The predicted molar refractivity (Wildman–Crippen MR) is 152 cm³/mol. The van der Waals surface area contributed by atoms with Gasteiger partial charge >= 0.3 is 0 Å². The summed E-state index contributed by atoms with van der Waals surface area (Å²) in [6.45, 7) is 9.04. The molecule has 0 radical (unpaired) electrons. The molecule has 1 saturated heterocycles. The highest BCUT2D eigenvalue weighted by atomic mass is 35.5. The molecule has 210 valence electrons. The summed E-state index contributed by atoms with van der Waals surface area (Å²) in [6.07, 6.45) is 8.84. The van der Waals surface area contributed by atoms with Crippen molar-refractivity contribution in [3.63, 3.8) is 0 Å². The van der Waals surface area contributed by atoms with Gasteiger partial charge in [0.05, 0.1) is 23.2 Å². The van der Waals surface area contributed by atoms with Crippen molar-refractivity contribution < 1.29 is 13.9 Å². The first-order chi connectivity index (χ1) is 18.6. The molecule has 0 spiro atoms. The van der Waals surface area contributed by atoms with Gasteiger partial charge in [-0.2, -0.15) is 0 Å². The van der Waals surface area contributed by atoms with E-state index in [1.54, 1.807) is 12.3 Å². The number of hydrogen-bond donors (Lipinski definition) is 1. The number of nitrogens with one attached hydrogen (secondary N) is 1. The van der Waals surface area contributed by atoms with Crippen LogP contribution in [0.5, 0.6) is 5.75 Å². The van der Waals surface area contributed by atoms with Crippen LogP contribution in [0.3, 0.4) is 0 Å². The SMILES string of the molecule is CC(C)(C)NC(=O)Cn1c(-c2ccc(F)c(Cl)c2)nc2ncc(OCCCN3CCCCCCC3)cc2c1=O. The number of benzene rings is 1. The Balaban J connectivity index is 1.58. The van der Waals surface area contributed by atoms with Gasteiger partial charge in [-0.3, -0.25) is 14.2 Å². The molecule has 0 atom stereocenters. The third-order valence-electron chi connectivity index (χ3n) is 6.61. The zero-order chi connectivity index (χ0) is 28.0. The number of ether oxygens (including phenoxy) is 1. The summed E-state index contributed by atoms with van der Waals surface area (Å²) in [6, 6.07) is 5.67. The first-order valence-corrected chi connectivity index (χ1v) is 14.0. The molecule has 0 unspecified atom stereocenters. The number of carbonyl (C=O) groups is 1. The number of fused-ring (bicyclic) bond motifs is 1. The fourth-order valence-corrected chi connectivity index (χ4v) is 4.97. The molecule has 0 saturated carbocycles. The van der Waals surface area contributed by atoms with E-state index in [4.69, 9.17) is 16.3 Å². The van der Waals surface area contributed by atoms with E-state index in [0.717, 1.165) is 26.1 Å². The van der Waals surface area contributed by atoms with E-state index in [1.807, 2.05) is 20.8 Å². The number of rotatable bonds is 8. The van der Waals surface area contributed by atoms with Gasteiger partial charge in [-0.1, -0.05) is 30.9 Å². The van der Waals surface area contributed by atoms with Crippen LogP contribution in [-0.4, -0.2) is 57.1 Å². The first kappa shape index (κ1) is 29.0. The Morgan fingerprint density at radius 2 is 1.85 bits per heavy atom. The van der Waals surface area contributed by atoms with Crippen molar-refractivity contribution in [2.24, 2.45) is 0 Å². The van der Waals surface area contributed by atoms with Crippen LogP contribution in [0.15, 0.2) is 35.3 Å². The van der Waals surface area contributed by atoms with Gasteiger partial charge in [0.25, 0.3) is 5.56 Å². The maximum Gasteiger partial charge on any atom is 0.263 e. The lowest BCUT2D eigenvalue weighted by atomic mass is 10.1. The van der Waals surface area contributed by atoms with Gasteiger partial charge in [0.1, 0.15) is 23.9 Å². The minimum atomic E-state index is -0.591. The molecule has 1 aliphatic rings. The van der Waals surface area contributed by atoms with Crippen LogP contribution in [0.25, 0.3) is 22.4 Å². The average molecular weight is 558 g/mol. The molecule has 0 aliphatic carbocycles. The number of carbonyl (C=O) groups excluding carboxylic acids is 1. The second-order valence-corrected chi connectivity index (χ2v) is 11.5. The normalized spacial score (nSPS) is 15.1. The highest BCUT2D eigenvalue weighted by molar-refractivity contribution is 6.31. The van der Waals surface area contributed by atoms with E-state index in [1.165, 1.54) is 54.9 Å². The Labute approximate surface area is 233 Å². The fraction of sp³-hybridized carbons (Fsp3) is 0.517. The molecule has 1 aliphatic heterocycles. The summed E-state index contributed by atoms with van der Waals surface area (Å²) in [5.74, 6) is -0.304. The van der Waals surface area contributed by atoms with Gasteiger partial charge in [0.15, 0.2) is 5.65 Å². The lowest BCUT2D eigenvalue weighted by molar-refractivity contribution is -0.123. The van der Waals surface area contributed by atoms with Crippen LogP contribution >= 0.6 is 11.6 Å². The number of pyridine rings is 1. The van der Waals surface area contributed by atoms with Crippen molar-refractivity contribution in [3.05, 3.63) is 51.7 Å². The van der Waals surface area contributed by atoms with Crippen molar-refractivity contribution in [3.8, 4) is 17.1 Å². The van der Waals surface area contributed by atoms with E-state index in [2.05, 4.69) is 20.2 Å². The van der Waals surface area contributed by atoms with Gasteiger partial charge in [-0.15, -0.1) is 0 Å². The zero-order valence-electron chi connectivity index (χ0n) is 22.9. The summed E-state index contributed by atoms with van der Waals surface area (Å²) >= 11 is 6.01. The Bertz CT molecular complexity index is 1360. The van der Waals surface area contributed by atoms with Crippen LogP contribution in [0, 0.1) is 5.82 Å². The van der Waals surface area contributed by atoms with Crippen molar-refractivity contribution in [2.45, 2.75) is 71.4 Å². The van der Waals surface area contributed by atoms with Gasteiger partial charge < -0.3 is 15.0 Å². The molecule has 4 rings (SSSR count). The van der Waals surface area contributed by atoms with Crippen molar-refractivity contribution in [2.75, 3.05) is 26.2 Å². The molecule has 1 amide bonds.